The number of fused-ring (bicyclic) bond motifs is 1. The van der Waals surface area contributed by atoms with Gasteiger partial charge in [-0.15, -0.1) is 0 Å². The van der Waals surface area contributed by atoms with Gasteiger partial charge < -0.3 is 10.2 Å². The van der Waals surface area contributed by atoms with Crippen molar-refractivity contribution >= 4 is 33.3 Å². The Hall–Kier alpha value is -3.04. The topological polar surface area (TPSA) is 105 Å². The van der Waals surface area contributed by atoms with Crippen LogP contribution in [0.3, 0.4) is 0 Å². The molecule has 3 heterocycles. The number of sulfone groups is 1. The number of carbonyl (C=O) groups excluding carboxylic acids is 1. The minimum Gasteiger partial charge on any atom is -0.348 e. The van der Waals surface area contributed by atoms with Gasteiger partial charge in [0.2, 0.25) is 5.95 Å². The van der Waals surface area contributed by atoms with Crippen LogP contribution in [0.25, 0.3) is 0 Å². The Morgan fingerprint density at radius 1 is 1.14 bits per heavy atom. The number of amides is 1. The predicted molar refractivity (Wildman–Crippen MR) is 135 cm³/mol. The van der Waals surface area contributed by atoms with Gasteiger partial charge in [-0.2, -0.15) is 0 Å². The lowest BCUT2D eigenvalue weighted by Gasteiger charge is -2.38. The summed E-state index contributed by atoms with van der Waals surface area (Å²) in [7, 11) is -3.25. The van der Waals surface area contributed by atoms with Gasteiger partial charge >= 0.3 is 0 Å². The maximum atomic E-state index is 12.8. The molecule has 184 valence electrons. The van der Waals surface area contributed by atoms with Gasteiger partial charge in [0.15, 0.2) is 9.84 Å². The third kappa shape index (κ3) is 5.46. The van der Waals surface area contributed by atoms with Gasteiger partial charge in [0.05, 0.1) is 45.4 Å². The van der Waals surface area contributed by atoms with Gasteiger partial charge in [0.1, 0.15) is 0 Å². The standard InChI is InChI=1S/C25H28ClN5O3S/c1-4-35(33,34)21-7-5-17(6-8-21)12-28-24(32)19-11-18-9-10-31(25-29-14-20(26)15-30-25)23(16(2)3)22(18)27-13-19/h5-8,11,13-16,23H,4,9-10,12H2,1-3H3,(H,28,32)/t23-/m0/s1. The van der Waals surface area contributed by atoms with Gasteiger partial charge in [-0.3, -0.25) is 9.78 Å². The molecule has 0 saturated heterocycles. The number of anilines is 1. The zero-order valence-electron chi connectivity index (χ0n) is 19.9. The molecular weight excluding hydrogens is 486 g/mol. The molecular formula is C25H28ClN5O3S. The van der Waals surface area contributed by atoms with Crippen molar-refractivity contribution in [3.05, 3.63) is 76.3 Å². The zero-order valence-corrected chi connectivity index (χ0v) is 21.5. The van der Waals surface area contributed by atoms with Gasteiger partial charge in [-0.05, 0) is 41.7 Å². The molecule has 1 atom stereocenters. The van der Waals surface area contributed by atoms with E-state index >= 15 is 0 Å². The molecule has 1 aliphatic heterocycles. The highest BCUT2D eigenvalue weighted by molar-refractivity contribution is 7.91. The number of nitrogens with zero attached hydrogens (tertiary/aromatic N) is 4. The van der Waals surface area contributed by atoms with Crippen LogP contribution in [0, 0.1) is 5.92 Å². The highest BCUT2D eigenvalue weighted by atomic mass is 35.5. The van der Waals surface area contributed by atoms with Crippen LogP contribution < -0.4 is 10.2 Å². The van der Waals surface area contributed by atoms with Crippen molar-refractivity contribution in [1.82, 2.24) is 20.3 Å². The Labute approximate surface area is 210 Å². The summed E-state index contributed by atoms with van der Waals surface area (Å²) in [4.78, 5) is 28.7. The molecule has 1 aromatic carbocycles. The van der Waals surface area contributed by atoms with E-state index in [1.54, 1.807) is 49.8 Å². The fraction of sp³-hybridized carbons (Fsp3) is 0.360. The average molecular weight is 514 g/mol. The van der Waals surface area contributed by atoms with E-state index in [0.29, 0.717) is 36.0 Å². The van der Waals surface area contributed by atoms with Gasteiger partial charge in [-0.25, -0.2) is 18.4 Å². The number of hydrogen-bond donors (Lipinski definition) is 1. The predicted octanol–water partition coefficient (Wildman–Crippen LogP) is 4.01. The summed E-state index contributed by atoms with van der Waals surface area (Å²) in [5.41, 5.74) is 3.27. The largest absolute Gasteiger partial charge is 0.348 e. The molecule has 0 unspecified atom stereocenters. The van der Waals surface area contributed by atoms with Crippen molar-refractivity contribution < 1.29 is 13.2 Å². The number of rotatable bonds is 7. The Kier molecular flexibility index (Phi) is 7.37. The molecule has 8 nitrogen and oxygen atoms in total. The van der Waals surface area contributed by atoms with Crippen LogP contribution >= 0.6 is 11.6 Å². The first kappa shape index (κ1) is 25.1. The second kappa shape index (κ2) is 10.3. The van der Waals surface area contributed by atoms with E-state index in [2.05, 4.69) is 39.0 Å². The Morgan fingerprint density at radius 2 is 1.83 bits per heavy atom. The fourth-order valence-corrected chi connectivity index (χ4v) is 5.24. The van der Waals surface area contributed by atoms with Crippen LogP contribution in [0.15, 0.2) is 53.8 Å². The molecule has 0 aliphatic carbocycles. The normalized spacial score (nSPS) is 15.7. The Balaban J connectivity index is 1.48. The third-order valence-electron chi connectivity index (χ3n) is 6.11. The molecule has 10 heteroatoms. The molecule has 35 heavy (non-hydrogen) atoms. The van der Waals surface area contributed by atoms with E-state index in [1.807, 2.05) is 6.07 Å². The van der Waals surface area contributed by atoms with Crippen LogP contribution in [0.4, 0.5) is 5.95 Å². The van der Waals surface area contributed by atoms with E-state index in [4.69, 9.17) is 11.6 Å². The molecule has 0 spiro atoms. The van der Waals surface area contributed by atoms with Crippen LogP contribution in [0.1, 0.15) is 54.0 Å². The summed E-state index contributed by atoms with van der Waals surface area (Å²) in [6, 6.07) is 8.47. The number of aromatic nitrogens is 3. The SMILES string of the molecule is CCS(=O)(=O)c1ccc(CNC(=O)c2cnc3c(c2)CCN(c2ncc(Cl)cn2)[C@H]3C(C)C)cc1. The number of pyridine rings is 1. The Bertz CT molecular complexity index is 1310. The maximum absolute atomic E-state index is 12.8. The first-order valence-electron chi connectivity index (χ1n) is 11.5. The first-order chi connectivity index (χ1) is 16.7. The molecule has 0 bridgehead atoms. The molecule has 1 aliphatic rings. The quantitative estimate of drug-likeness (QED) is 0.509. The summed E-state index contributed by atoms with van der Waals surface area (Å²) >= 11 is 5.96. The highest BCUT2D eigenvalue weighted by Crippen LogP contribution is 2.36. The molecule has 0 fully saturated rings. The maximum Gasteiger partial charge on any atom is 0.253 e. The molecule has 4 rings (SSSR count). The van der Waals surface area contributed by atoms with Crippen LogP contribution in [0.2, 0.25) is 5.02 Å². The highest BCUT2D eigenvalue weighted by Gasteiger charge is 2.33. The monoisotopic (exact) mass is 513 g/mol. The second-order valence-electron chi connectivity index (χ2n) is 8.83. The summed E-state index contributed by atoms with van der Waals surface area (Å²) in [6.45, 7) is 6.86. The van der Waals surface area contributed by atoms with E-state index in [0.717, 1.165) is 16.8 Å². The number of nitrogens with one attached hydrogen (secondary N) is 1. The van der Waals surface area contributed by atoms with E-state index in [-0.39, 0.29) is 28.5 Å². The smallest absolute Gasteiger partial charge is 0.253 e. The molecule has 1 N–H and O–H groups in total. The summed E-state index contributed by atoms with van der Waals surface area (Å²) < 4.78 is 23.9. The lowest BCUT2D eigenvalue weighted by molar-refractivity contribution is 0.0950. The van der Waals surface area contributed by atoms with Crippen LogP contribution in [-0.2, 0) is 22.8 Å². The van der Waals surface area contributed by atoms with Crippen LogP contribution in [-0.4, -0.2) is 41.6 Å². The fourth-order valence-electron chi connectivity index (χ4n) is 4.26. The van der Waals surface area contributed by atoms with Crippen molar-refractivity contribution in [2.24, 2.45) is 5.92 Å². The lowest BCUT2D eigenvalue weighted by atomic mass is 9.89. The van der Waals surface area contributed by atoms with Crippen LogP contribution in [0.5, 0.6) is 0 Å². The summed E-state index contributed by atoms with van der Waals surface area (Å²) in [5, 5.41) is 3.39. The number of carbonyl (C=O) groups is 1. The average Bonchev–Trinajstić information content (AvgIpc) is 2.86. The van der Waals surface area contributed by atoms with Gasteiger partial charge in [-0.1, -0.05) is 44.5 Å². The zero-order chi connectivity index (χ0) is 25.2. The molecule has 0 saturated carbocycles. The Morgan fingerprint density at radius 3 is 2.46 bits per heavy atom. The van der Waals surface area contributed by atoms with Gasteiger partial charge in [0, 0.05) is 19.3 Å². The number of hydrogen-bond acceptors (Lipinski definition) is 7. The molecule has 0 radical (unpaired) electrons. The van der Waals surface area contributed by atoms with Crippen molar-refractivity contribution in [3.63, 3.8) is 0 Å². The summed E-state index contributed by atoms with van der Waals surface area (Å²) in [6.07, 6.45) is 5.50. The molecule has 3 aromatic rings. The van der Waals surface area contributed by atoms with Crippen molar-refractivity contribution in [2.75, 3.05) is 17.2 Å². The van der Waals surface area contributed by atoms with E-state index < -0.39 is 9.84 Å². The van der Waals surface area contributed by atoms with Crippen molar-refractivity contribution in [2.45, 2.75) is 44.7 Å². The second-order valence-corrected chi connectivity index (χ2v) is 11.5. The minimum absolute atomic E-state index is 0.0186. The van der Waals surface area contributed by atoms with E-state index in [1.165, 1.54) is 0 Å². The number of benzene rings is 1. The first-order valence-corrected chi connectivity index (χ1v) is 13.6. The molecule has 1 amide bonds. The molecule has 2 aromatic heterocycles. The van der Waals surface area contributed by atoms with Gasteiger partial charge in [0.25, 0.3) is 5.91 Å². The number of halogens is 1. The third-order valence-corrected chi connectivity index (χ3v) is 8.06. The minimum atomic E-state index is -3.25. The summed E-state index contributed by atoms with van der Waals surface area (Å²) in [5.74, 6) is 0.687. The van der Waals surface area contributed by atoms with E-state index in [9.17, 15) is 13.2 Å². The lowest BCUT2D eigenvalue weighted by Crippen LogP contribution is -2.40. The van der Waals surface area contributed by atoms with Crippen molar-refractivity contribution in [1.29, 1.82) is 0 Å². The van der Waals surface area contributed by atoms with Crippen molar-refractivity contribution in [3.8, 4) is 0 Å².